The van der Waals surface area contributed by atoms with Crippen molar-refractivity contribution in [3.05, 3.63) is 56.7 Å². The fourth-order valence-electron chi connectivity index (χ4n) is 1.61. The Balaban J connectivity index is 2.00. The Morgan fingerprint density at radius 2 is 2.09 bits per heavy atom. The largest absolute Gasteiger partial charge is 0.479 e. The summed E-state index contributed by atoms with van der Waals surface area (Å²) in [4.78, 5) is 25.8. The van der Waals surface area contributed by atoms with Crippen molar-refractivity contribution in [2.24, 2.45) is 0 Å². The van der Waals surface area contributed by atoms with E-state index < -0.39 is 16.9 Å². The first kappa shape index (κ1) is 17.0. The van der Waals surface area contributed by atoms with Gasteiger partial charge in [-0.15, -0.1) is 0 Å². The number of nitro groups is 1. The minimum absolute atomic E-state index is 0.166. The number of anilines is 1. The molecule has 0 aliphatic heterocycles. The van der Waals surface area contributed by atoms with E-state index in [0.29, 0.717) is 10.8 Å². The van der Waals surface area contributed by atoms with Crippen LogP contribution in [0.2, 0.25) is 10.0 Å². The fraction of sp³-hybridized carbons (Fsp3) is 0.143. The van der Waals surface area contributed by atoms with Crippen LogP contribution < -0.4 is 10.1 Å². The van der Waals surface area contributed by atoms with Gasteiger partial charge in [0.05, 0.1) is 9.95 Å². The second-order valence-electron chi connectivity index (χ2n) is 4.48. The third-order valence-electron chi connectivity index (χ3n) is 2.78. The van der Waals surface area contributed by atoms with Gasteiger partial charge in [-0.25, -0.2) is 4.98 Å². The molecule has 0 aliphatic carbocycles. The number of carbonyl (C=O) groups excluding carboxylic acids is 1. The molecule has 0 saturated carbocycles. The summed E-state index contributed by atoms with van der Waals surface area (Å²) in [6.45, 7) is 1.53. The van der Waals surface area contributed by atoms with Crippen molar-refractivity contribution in [3.8, 4) is 5.75 Å². The average molecular weight is 356 g/mol. The Morgan fingerprint density at radius 1 is 1.35 bits per heavy atom. The van der Waals surface area contributed by atoms with Crippen LogP contribution in [0.1, 0.15) is 6.92 Å². The molecule has 1 unspecified atom stereocenters. The first-order chi connectivity index (χ1) is 10.9. The molecule has 1 aromatic heterocycles. The fourth-order valence-corrected chi connectivity index (χ4v) is 2.06. The van der Waals surface area contributed by atoms with Crippen LogP contribution in [0.3, 0.4) is 0 Å². The number of hydrogen-bond donors (Lipinski definition) is 1. The number of amides is 1. The van der Waals surface area contributed by atoms with Crippen molar-refractivity contribution in [3.63, 3.8) is 0 Å². The number of carbonyl (C=O) groups is 1. The minimum Gasteiger partial charge on any atom is -0.479 e. The molecule has 0 saturated heterocycles. The Kier molecular flexibility index (Phi) is 5.36. The topological polar surface area (TPSA) is 94.4 Å². The number of nitrogens with zero attached hydrogens (tertiary/aromatic N) is 2. The summed E-state index contributed by atoms with van der Waals surface area (Å²) in [6, 6.07) is 7.22. The molecule has 1 amide bonds. The van der Waals surface area contributed by atoms with Crippen LogP contribution in [0, 0.1) is 10.1 Å². The highest BCUT2D eigenvalue weighted by Crippen LogP contribution is 2.28. The summed E-state index contributed by atoms with van der Waals surface area (Å²) in [5.74, 6) is 0.0194. The van der Waals surface area contributed by atoms with Gasteiger partial charge in [0.15, 0.2) is 6.10 Å². The summed E-state index contributed by atoms with van der Waals surface area (Å²) >= 11 is 11.8. The second-order valence-corrected chi connectivity index (χ2v) is 5.33. The molecular formula is C14H11Cl2N3O4. The molecule has 1 atom stereocenters. The quantitative estimate of drug-likeness (QED) is 0.651. The average Bonchev–Trinajstić information content (AvgIpc) is 2.50. The van der Waals surface area contributed by atoms with E-state index in [0.717, 1.165) is 6.20 Å². The zero-order valence-electron chi connectivity index (χ0n) is 11.8. The van der Waals surface area contributed by atoms with E-state index >= 15 is 0 Å². The maximum atomic E-state index is 12.0. The van der Waals surface area contributed by atoms with Gasteiger partial charge in [-0.3, -0.25) is 14.9 Å². The smallest absolute Gasteiger partial charge is 0.287 e. The highest BCUT2D eigenvalue weighted by atomic mass is 35.5. The maximum Gasteiger partial charge on any atom is 0.287 e. The van der Waals surface area contributed by atoms with Crippen molar-refractivity contribution in [2.75, 3.05) is 5.32 Å². The number of pyridine rings is 1. The molecule has 7 nitrogen and oxygen atoms in total. The molecule has 0 bridgehead atoms. The van der Waals surface area contributed by atoms with Crippen molar-refractivity contribution in [1.82, 2.24) is 4.98 Å². The first-order valence-corrected chi connectivity index (χ1v) is 7.15. The second kappa shape index (κ2) is 7.26. The summed E-state index contributed by atoms with van der Waals surface area (Å²) in [5, 5.41) is 13.8. The third-order valence-corrected chi connectivity index (χ3v) is 3.31. The molecule has 0 fully saturated rings. The maximum absolute atomic E-state index is 12.0. The SMILES string of the molecule is CC(Oc1ccc(Cl)cc1Cl)C(=O)Nc1ccc([N+](=O)[O-])cn1. The Bertz CT molecular complexity index is 737. The van der Waals surface area contributed by atoms with Crippen molar-refractivity contribution < 1.29 is 14.5 Å². The van der Waals surface area contributed by atoms with E-state index in [1.807, 2.05) is 0 Å². The van der Waals surface area contributed by atoms with Crippen molar-refractivity contribution in [2.45, 2.75) is 13.0 Å². The molecule has 0 spiro atoms. The number of ether oxygens (including phenoxy) is 1. The van der Waals surface area contributed by atoms with Crippen LogP contribution in [0.15, 0.2) is 36.5 Å². The zero-order chi connectivity index (χ0) is 17.0. The number of benzene rings is 1. The summed E-state index contributed by atoms with van der Waals surface area (Å²) in [5.41, 5.74) is -0.166. The Labute approximate surface area is 141 Å². The van der Waals surface area contributed by atoms with E-state index in [1.165, 1.54) is 25.1 Å². The molecule has 2 aromatic rings. The normalized spacial score (nSPS) is 11.6. The summed E-state index contributed by atoms with van der Waals surface area (Å²) < 4.78 is 5.46. The number of aromatic nitrogens is 1. The van der Waals surface area contributed by atoms with Gasteiger partial charge in [-0.2, -0.15) is 0 Å². The van der Waals surface area contributed by atoms with Gasteiger partial charge in [-0.05, 0) is 31.2 Å². The molecule has 23 heavy (non-hydrogen) atoms. The molecule has 0 aliphatic rings. The minimum atomic E-state index is -0.856. The number of hydrogen-bond acceptors (Lipinski definition) is 5. The molecule has 0 radical (unpaired) electrons. The van der Waals surface area contributed by atoms with Crippen molar-refractivity contribution in [1.29, 1.82) is 0 Å². The van der Waals surface area contributed by atoms with E-state index in [4.69, 9.17) is 27.9 Å². The van der Waals surface area contributed by atoms with Crippen LogP contribution in [0.5, 0.6) is 5.75 Å². The van der Waals surface area contributed by atoms with Gasteiger partial charge >= 0.3 is 0 Å². The monoisotopic (exact) mass is 355 g/mol. The van der Waals surface area contributed by atoms with E-state index in [2.05, 4.69) is 10.3 Å². The molecule has 1 aromatic carbocycles. The lowest BCUT2D eigenvalue weighted by Gasteiger charge is -2.15. The lowest BCUT2D eigenvalue weighted by Crippen LogP contribution is -2.30. The number of halogens is 2. The summed E-state index contributed by atoms with van der Waals surface area (Å²) in [6.07, 6.45) is 0.197. The number of rotatable bonds is 5. The van der Waals surface area contributed by atoms with Crippen molar-refractivity contribution >= 4 is 40.6 Å². The van der Waals surface area contributed by atoms with E-state index in [-0.39, 0.29) is 16.5 Å². The predicted molar refractivity (Wildman–Crippen MR) is 86.1 cm³/mol. The molecule has 1 heterocycles. The van der Waals surface area contributed by atoms with Gasteiger partial charge in [0.1, 0.15) is 17.8 Å². The zero-order valence-corrected chi connectivity index (χ0v) is 13.3. The van der Waals surface area contributed by atoms with Crippen LogP contribution in [0.4, 0.5) is 11.5 Å². The van der Waals surface area contributed by atoms with Crippen LogP contribution in [0.25, 0.3) is 0 Å². The Hall–Kier alpha value is -2.38. The lowest BCUT2D eigenvalue weighted by molar-refractivity contribution is -0.385. The van der Waals surface area contributed by atoms with Gasteiger partial charge < -0.3 is 10.1 Å². The first-order valence-electron chi connectivity index (χ1n) is 6.40. The van der Waals surface area contributed by atoms with E-state index in [9.17, 15) is 14.9 Å². The van der Waals surface area contributed by atoms with Crippen LogP contribution >= 0.6 is 23.2 Å². The molecular weight excluding hydrogens is 345 g/mol. The van der Waals surface area contributed by atoms with Crippen LogP contribution in [-0.2, 0) is 4.79 Å². The van der Waals surface area contributed by atoms with Gasteiger partial charge in [0, 0.05) is 11.1 Å². The number of nitrogens with one attached hydrogen (secondary N) is 1. The van der Waals surface area contributed by atoms with E-state index in [1.54, 1.807) is 12.1 Å². The Morgan fingerprint density at radius 3 is 2.65 bits per heavy atom. The van der Waals surface area contributed by atoms with Crippen LogP contribution in [-0.4, -0.2) is 21.9 Å². The van der Waals surface area contributed by atoms with Gasteiger partial charge in [0.25, 0.3) is 11.6 Å². The molecule has 1 N–H and O–H groups in total. The summed E-state index contributed by atoms with van der Waals surface area (Å²) in [7, 11) is 0. The highest BCUT2D eigenvalue weighted by Gasteiger charge is 2.17. The lowest BCUT2D eigenvalue weighted by atomic mass is 10.3. The van der Waals surface area contributed by atoms with Gasteiger partial charge in [0.2, 0.25) is 0 Å². The predicted octanol–water partition coefficient (Wildman–Crippen LogP) is 3.70. The molecule has 2 rings (SSSR count). The van der Waals surface area contributed by atoms with Gasteiger partial charge in [-0.1, -0.05) is 23.2 Å². The standard InChI is InChI=1S/C14H11Cl2N3O4/c1-8(23-12-4-2-9(15)6-11(12)16)14(20)18-13-5-3-10(7-17-13)19(21)22/h2-8H,1H3,(H,17,18,20). The third kappa shape index (κ3) is 4.54. The highest BCUT2D eigenvalue weighted by molar-refractivity contribution is 6.35. The molecule has 9 heteroatoms. The molecule has 120 valence electrons.